The normalized spacial score (nSPS) is 20.1. The van der Waals surface area contributed by atoms with Gasteiger partial charge in [-0.3, -0.25) is 27.7 Å². The largest absolute Gasteiger partial charge is 0.481 e. The minimum Gasteiger partial charge on any atom is -0.386 e. The number of nitrogen functional groups attached to an aromatic ring is 1. The van der Waals surface area contributed by atoms with Crippen molar-refractivity contribution in [2.75, 3.05) is 43.5 Å². The average Bonchev–Trinajstić information content (AvgIpc) is 3.83. The SMILES string of the molecule is CCCCCCCCCCCCCCCCCCS(=O)(=O)SCCNC(=O)CCNC(=O)[C@H](O)C(C)(C)COP(=O)(O)OP(=O)(O)OC[C@H]1O[C@@H](n2cnc3c(N)ncnc32)[C@H](O)[C@@H]1OP(=O)(O)O. The zero-order valence-electron chi connectivity index (χ0n) is 39.4. The van der Waals surface area contributed by atoms with Gasteiger partial charge in [0, 0.05) is 30.7 Å². The van der Waals surface area contributed by atoms with E-state index in [-0.39, 0.29) is 48.0 Å². The third-order valence-electron chi connectivity index (χ3n) is 11.0. The Morgan fingerprint density at radius 3 is 2.01 bits per heavy atom. The van der Waals surface area contributed by atoms with E-state index in [0.29, 0.717) is 6.42 Å². The first-order valence-corrected chi connectivity index (χ1v) is 30.8. The van der Waals surface area contributed by atoms with Gasteiger partial charge in [-0.1, -0.05) is 117 Å². The van der Waals surface area contributed by atoms with Crippen molar-refractivity contribution in [2.45, 2.75) is 161 Å². The molecule has 1 aliphatic heterocycles. The number of nitrogens with two attached hydrogens (primary N) is 1. The van der Waals surface area contributed by atoms with Crippen molar-refractivity contribution >= 4 is 71.9 Å². The molecule has 2 aromatic rings. The maximum Gasteiger partial charge on any atom is 0.481 e. The zero-order chi connectivity index (χ0) is 51.3. The second kappa shape index (κ2) is 29.5. The Morgan fingerprint density at radius 2 is 1.43 bits per heavy atom. The van der Waals surface area contributed by atoms with Crippen molar-refractivity contribution in [3.63, 3.8) is 0 Å². The molecule has 1 fully saturated rings. The van der Waals surface area contributed by atoms with Crippen LogP contribution in [0.2, 0.25) is 0 Å². The predicted octanol–water partition coefficient (Wildman–Crippen LogP) is 4.73. The number of aliphatic hydroxyl groups excluding tert-OH is 2. The molecule has 3 heterocycles. The average molecular weight is 1080 g/mol. The molecule has 398 valence electrons. The lowest BCUT2D eigenvalue weighted by Crippen LogP contribution is -2.46. The molecule has 2 aromatic heterocycles. The quantitative estimate of drug-likeness (QED) is 0.0251. The van der Waals surface area contributed by atoms with E-state index >= 15 is 0 Å². The van der Waals surface area contributed by atoms with Crippen molar-refractivity contribution in [3.05, 3.63) is 12.7 Å². The molecule has 0 bridgehead atoms. The number of rotatable bonds is 37. The molecule has 25 nitrogen and oxygen atoms in total. The van der Waals surface area contributed by atoms with E-state index in [1.54, 1.807) is 0 Å². The molecule has 3 rings (SSSR count). The van der Waals surface area contributed by atoms with Crippen LogP contribution in [0.25, 0.3) is 11.2 Å². The summed E-state index contributed by atoms with van der Waals surface area (Å²) in [5, 5.41) is 26.5. The Hall–Kier alpha value is -2.16. The number of aliphatic hydroxyl groups is 2. The third kappa shape index (κ3) is 23.1. The van der Waals surface area contributed by atoms with Gasteiger partial charge in [-0.25, -0.2) is 37.1 Å². The predicted molar refractivity (Wildman–Crippen MR) is 255 cm³/mol. The molecular formula is C39H72N7O18P3S2. The second-order valence-electron chi connectivity index (χ2n) is 17.5. The van der Waals surface area contributed by atoms with Gasteiger partial charge in [0.25, 0.3) is 0 Å². The van der Waals surface area contributed by atoms with Gasteiger partial charge in [0.1, 0.15) is 36.3 Å². The van der Waals surface area contributed by atoms with Gasteiger partial charge in [-0.15, -0.1) is 0 Å². The lowest BCUT2D eigenvalue weighted by Gasteiger charge is -2.30. The van der Waals surface area contributed by atoms with E-state index in [1.165, 1.54) is 90.9 Å². The van der Waals surface area contributed by atoms with Crippen LogP contribution in [-0.2, 0) is 54.8 Å². The molecule has 1 aliphatic rings. The van der Waals surface area contributed by atoms with E-state index in [9.17, 15) is 61.5 Å². The Balaban J connectivity index is 1.30. The second-order valence-corrected chi connectivity index (χ2v) is 26.1. The highest BCUT2D eigenvalue weighted by Crippen LogP contribution is 2.61. The summed E-state index contributed by atoms with van der Waals surface area (Å²) in [5.41, 5.74) is 4.25. The van der Waals surface area contributed by atoms with Gasteiger partial charge in [0.2, 0.25) is 20.7 Å². The van der Waals surface area contributed by atoms with Gasteiger partial charge >= 0.3 is 23.5 Å². The Morgan fingerprint density at radius 1 is 0.870 bits per heavy atom. The van der Waals surface area contributed by atoms with Crippen LogP contribution in [0.4, 0.5) is 5.82 Å². The molecule has 0 spiro atoms. The molecule has 69 heavy (non-hydrogen) atoms. The minimum atomic E-state index is -5.59. The van der Waals surface area contributed by atoms with Crippen molar-refractivity contribution in [2.24, 2.45) is 5.41 Å². The fourth-order valence-corrected chi connectivity index (χ4v) is 12.8. The van der Waals surface area contributed by atoms with E-state index in [0.717, 1.165) is 47.3 Å². The summed E-state index contributed by atoms with van der Waals surface area (Å²) in [6.45, 7) is 2.51. The van der Waals surface area contributed by atoms with Gasteiger partial charge < -0.3 is 50.9 Å². The number of carbonyl (C=O) groups excluding carboxylic acids is 2. The molecule has 7 atom stereocenters. The molecule has 0 aromatic carbocycles. The highest BCUT2D eigenvalue weighted by Gasteiger charge is 2.50. The summed E-state index contributed by atoms with van der Waals surface area (Å²) < 4.78 is 87.3. The number of anilines is 1. The minimum absolute atomic E-state index is 0.0269. The van der Waals surface area contributed by atoms with Crippen LogP contribution in [0, 0.1) is 5.41 Å². The molecule has 1 saturated heterocycles. The number of imidazole rings is 1. The summed E-state index contributed by atoms with van der Waals surface area (Å²) in [5.74, 6) is -1.34. The molecule has 0 radical (unpaired) electrons. The van der Waals surface area contributed by atoms with Crippen LogP contribution in [0.15, 0.2) is 12.7 Å². The first-order valence-electron chi connectivity index (χ1n) is 23.1. The van der Waals surface area contributed by atoms with Gasteiger partial charge in [-0.2, -0.15) is 4.31 Å². The number of nitrogens with one attached hydrogen (secondary N) is 2. The number of aromatic nitrogens is 4. The summed E-state index contributed by atoms with van der Waals surface area (Å²) in [6.07, 6.45) is 12.1. The van der Waals surface area contributed by atoms with Crippen LogP contribution in [-0.4, -0.2) is 132 Å². The third-order valence-corrected chi connectivity index (χ3v) is 17.7. The first kappa shape index (κ1) is 61.1. The topological polar surface area (TPSA) is 381 Å². The number of phosphoric ester groups is 3. The maximum absolute atomic E-state index is 12.7. The lowest BCUT2D eigenvalue weighted by molar-refractivity contribution is -0.137. The number of nitrogens with zero attached hydrogens (tertiary/aromatic N) is 4. The van der Waals surface area contributed by atoms with E-state index in [4.69, 9.17) is 19.5 Å². The van der Waals surface area contributed by atoms with Crippen molar-refractivity contribution < 1.29 is 84.1 Å². The Bertz CT molecular complexity index is 2150. The number of hydrogen-bond donors (Lipinski definition) is 9. The Kier molecular flexibility index (Phi) is 26.2. The molecule has 10 N–H and O–H groups in total. The lowest BCUT2D eigenvalue weighted by atomic mass is 9.87. The number of amides is 2. The van der Waals surface area contributed by atoms with Gasteiger partial charge in [0.15, 0.2) is 17.7 Å². The standard InChI is InChI=1S/C39H72N7O18P3S2/c1-4-5-6-7-8-9-10-11-12-13-14-15-16-17-18-19-24-69(58,59)68-23-22-41-30(47)20-21-42-37(50)34(49)39(2,3)26-61-67(56,57)64-66(54,55)60-25-29-33(63-65(51,52)53)32(48)38(62-29)46-28-45-31-35(40)43-27-44-36(31)46/h27-29,32-34,38,48-49H,4-26H2,1-3H3,(H,41,47)(H,42,50)(H,54,55)(H,56,57)(H2,40,43,44)(H2,51,52,53)/t29-,32-,33-,34+,38-/m1/s1. The molecule has 2 amide bonds. The highest BCUT2D eigenvalue weighted by atomic mass is 33.1. The van der Waals surface area contributed by atoms with Crippen LogP contribution in [0.5, 0.6) is 0 Å². The molecular weight excluding hydrogens is 1010 g/mol. The smallest absolute Gasteiger partial charge is 0.386 e. The summed E-state index contributed by atoms with van der Waals surface area (Å²) in [6, 6.07) is 0. The van der Waals surface area contributed by atoms with Gasteiger partial charge in [0.05, 0.1) is 25.3 Å². The highest BCUT2D eigenvalue weighted by molar-refractivity contribution is 8.72. The van der Waals surface area contributed by atoms with E-state index in [1.807, 2.05) is 0 Å². The van der Waals surface area contributed by atoms with Crippen LogP contribution in [0.3, 0.4) is 0 Å². The zero-order valence-corrected chi connectivity index (χ0v) is 43.7. The Labute approximate surface area is 406 Å². The monoisotopic (exact) mass is 1080 g/mol. The summed E-state index contributed by atoms with van der Waals surface area (Å²) in [4.78, 5) is 76.2. The van der Waals surface area contributed by atoms with Crippen molar-refractivity contribution in [1.82, 2.24) is 30.2 Å². The fourth-order valence-electron chi connectivity index (χ4n) is 7.18. The summed E-state index contributed by atoms with van der Waals surface area (Å²) >= 11 is 0. The molecule has 0 saturated carbocycles. The summed E-state index contributed by atoms with van der Waals surface area (Å²) in [7, 11) is -19.0. The van der Waals surface area contributed by atoms with Crippen molar-refractivity contribution in [1.29, 1.82) is 0 Å². The van der Waals surface area contributed by atoms with Crippen LogP contribution < -0.4 is 16.4 Å². The number of ether oxygens (including phenoxy) is 1. The van der Waals surface area contributed by atoms with E-state index in [2.05, 4.69) is 41.3 Å². The molecule has 2 unspecified atom stereocenters. The van der Waals surface area contributed by atoms with Crippen molar-refractivity contribution in [3.8, 4) is 0 Å². The fraction of sp³-hybridized carbons (Fsp3) is 0.821. The van der Waals surface area contributed by atoms with Crippen LogP contribution in [0.1, 0.15) is 136 Å². The maximum atomic E-state index is 12.7. The number of carbonyl (C=O) groups is 2. The first-order chi connectivity index (χ1) is 32.4. The number of fused-ring (bicyclic) bond motifs is 1. The number of hydrogen-bond acceptors (Lipinski definition) is 19. The van der Waals surface area contributed by atoms with Crippen LogP contribution >= 0.6 is 34.3 Å². The van der Waals surface area contributed by atoms with E-state index < -0.39 is 93.4 Å². The molecule has 0 aliphatic carbocycles. The number of unbranched alkanes of at least 4 members (excludes halogenated alkanes) is 15. The number of phosphoric acid groups is 3. The van der Waals surface area contributed by atoms with Gasteiger partial charge in [-0.05, 0) is 17.2 Å². The molecule has 30 heteroatoms.